The van der Waals surface area contributed by atoms with Gasteiger partial charge >= 0.3 is 0 Å². The van der Waals surface area contributed by atoms with Crippen LogP contribution >= 0.6 is 0 Å². The number of nitrogens with zero attached hydrogens (tertiary/aromatic N) is 1. The van der Waals surface area contributed by atoms with Crippen LogP contribution in [0.2, 0.25) is 0 Å². The van der Waals surface area contributed by atoms with E-state index in [0.29, 0.717) is 6.04 Å². The molecule has 2 heteroatoms. The number of aryl methyl sites for hydroxylation is 1. The minimum absolute atomic E-state index is 0.474. The third-order valence-corrected chi connectivity index (χ3v) is 4.69. The highest BCUT2D eigenvalue weighted by Gasteiger charge is 2.24. The molecule has 3 rings (SSSR count). The summed E-state index contributed by atoms with van der Waals surface area (Å²) in [5, 5.41) is 5.09. The normalized spacial score (nSPS) is 16.9. The molecule has 0 spiro atoms. The summed E-state index contributed by atoms with van der Waals surface area (Å²) in [4.78, 5) is 4.68. The highest BCUT2D eigenvalue weighted by atomic mass is 14.9. The van der Waals surface area contributed by atoms with Gasteiger partial charge in [0.15, 0.2) is 0 Å². The molecule has 1 atom stereocenters. The molecule has 0 saturated heterocycles. The van der Waals surface area contributed by atoms with Gasteiger partial charge in [-0.2, -0.15) is 0 Å². The van der Waals surface area contributed by atoms with Crippen molar-refractivity contribution in [1.82, 2.24) is 10.3 Å². The Labute approximate surface area is 128 Å². The van der Waals surface area contributed by atoms with Crippen molar-refractivity contribution in [2.24, 2.45) is 5.92 Å². The molecule has 2 aromatic rings. The van der Waals surface area contributed by atoms with E-state index < -0.39 is 0 Å². The summed E-state index contributed by atoms with van der Waals surface area (Å²) in [5.41, 5.74) is 3.70. The van der Waals surface area contributed by atoms with E-state index in [4.69, 9.17) is 0 Å². The highest BCUT2D eigenvalue weighted by molar-refractivity contribution is 5.82. The van der Waals surface area contributed by atoms with Crippen LogP contribution in [0.1, 0.15) is 56.3 Å². The number of fused-ring (bicyclic) bond motifs is 1. The topological polar surface area (TPSA) is 24.9 Å². The fraction of sp³-hybridized carbons (Fsp3) is 0.526. The van der Waals surface area contributed by atoms with Crippen LogP contribution in [0.4, 0.5) is 0 Å². The molecule has 1 saturated carbocycles. The van der Waals surface area contributed by atoms with Crippen molar-refractivity contribution in [3.8, 4) is 0 Å². The molecule has 1 heterocycles. The first kappa shape index (κ1) is 14.5. The first-order valence-corrected chi connectivity index (χ1v) is 8.37. The molecule has 1 N–H and O–H groups in total. The average Bonchev–Trinajstić information content (AvgIpc) is 2.45. The van der Waals surface area contributed by atoms with Crippen molar-refractivity contribution < 1.29 is 0 Å². The van der Waals surface area contributed by atoms with Crippen LogP contribution in [0.15, 0.2) is 30.3 Å². The number of benzene rings is 1. The van der Waals surface area contributed by atoms with Gasteiger partial charge < -0.3 is 5.32 Å². The lowest BCUT2D eigenvalue weighted by molar-refractivity contribution is 0.261. The van der Waals surface area contributed by atoms with Crippen LogP contribution in [-0.2, 0) is 0 Å². The van der Waals surface area contributed by atoms with Gasteiger partial charge in [0, 0.05) is 17.1 Å². The molecule has 1 aromatic heterocycles. The Morgan fingerprint density at radius 1 is 1.29 bits per heavy atom. The highest BCUT2D eigenvalue weighted by Crippen LogP contribution is 2.36. The van der Waals surface area contributed by atoms with Crippen LogP contribution < -0.4 is 5.32 Å². The maximum atomic E-state index is 4.68. The van der Waals surface area contributed by atoms with E-state index in [9.17, 15) is 0 Å². The molecule has 2 nitrogen and oxygen atoms in total. The molecular formula is C19H26N2. The third kappa shape index (κ3) is 3.26. The van der Waals surface area contributed by atoms with Gasteiger partial charge in [0.2, 0.25) is 0 Å². The Morgan fingerprint density at radius 2 is 2.10 bits per heavy atom. The zero-order valence-corrected chi connectivity index (χ0v) is 13.2. The lowest BCUT2D eigenvalue weighted by Crippen LogP contribution is -2.27. The molecule has 0 bridgehead atoms. The molecule has 0 radical (unpaired) electrons. The quantitative estimate of drug-likeness (QED) is 0.825. The Hall–Kier alpha value is -1.41. The van der Waals surface area contributed by atoms with Gasteiger partial charge in [0.1, 0.15) is 0 Å². The summed E-state index contributed by atoms with van der Waals surface area (Å²) in [5.74, 6) is 0.909. The summed E-state index contributed by atoms with van der Waals surface area (Å²) < 4.78 is 0. The smallest absolute Gasteiger partial charge is 0.0708 e. The molecule has 1 aromatic carbocycles. The molecular weight excluding hydrogens is 256 g/mol. The second-order valence-corrected chi connectivity index (χ2v) is 6.41. The predicted octanol–water partition coefficient (Wildman–Crippen LogP) is 4.77. The maximum Gasteiger partial charge on any atom is 0.0708 e. The zero-order chi connectivity index (χ0) is 14.7. The first-order valence-electron chi connectivity index (χ1n) is 8.37. The van der Waals surface area contributed by atoms with Crippen molar-refractivity contribution in [2.75, 3.05) is 6.54 Å². The number of pyridine rings is 1. The van der Waals surface area contributed by atoms with Crippen LogP contribution in [0.25, 0.3) is 10.9 Å². The molecule has 0 aliphatic heterocycles. The fourth-order valence-corrected chi connectivity index (χ4v) is 3.33. The van der Waals surface area contributed by atoms with E-state index in [0.717, 1.165) is 23.7 Å². The van der Waals surface area contributed by atoms with Gasteiger partial charge in [-0.3, -0.25) is 4.98 Å². The van der Waals surface area contributed by atoms with Gasteiger partial charge in [-0.1, -0.05) is 44.4 Å². The van der Waals surface area contributed by atoms with Gasteiger partial charge in [-0.25, -0.2) is 0 Å². The van der Waals surface area contributed by atoms with Gasteiger partial charge in [0.05, 0.1) is 5.52 Å². The van der Waals surface area contributed by atoms with Crippen molar-refractivity contribution in [3.05, 3.63) is 41.6 Å². The van der Waals surface area contributed by atoms with Crippen LogP contribution in [0, 0.1) is 12.8 Å². The van der Waals surface area contributed by atoms with Crippen LogP contribution in [0.5, 0.6) is 0 Å². The maximum absolute atomic E-state index is 4.68. The summed E-state index contributed by atoms with van der Waals surface area (Å²) in [6.45, 7) is 5.44. The SMILES string of the molecule is CCCNC(CC1CCC1)c1cc(C)nc2ccccc12. The molecule has 1 fully saturated rings. The summed E-state index contributed by atoms with van der Waals surface area (Å²) in [7, 11) is 0. The number of hydrogen-bond donors (Lipinski definition) is 1. The Balaban J connectivity index is 1.96. The van der Waals surface area contributed by atoms with Crippen molar-refractivity contribution >= 4 is 10.9 Å². The number of hydrogen-bond acceptors (Lipinski definition) is 2. The fourth-order valence-electron chi connectivity index (χ4n) is 3.33. The van der Waals surface area contributed by atoms with Gasteiger partial charge in [-0.05, 0) is 49.9 Å². The summed E-state index contributed by atoms with van der Waals surface area (Å²) in [6.07, 6.45) is 6.69. The summed E-state index contributed by atoms with van der Waals surface area (Å²) >= 11 is 0. The molecule has 0 amide bonds. The first-order chi connectivity index (χ1) is 10.3. The zero-order valence-electron chi connectivity index (χ0n) is 13.2. The molecule has 1 unspecified atom stereocenters. The van der Waals surface area contributed by atoms with Crippen molar-refractivity contribution in [3.63, 3.8) is 0 Å². The van der Waals surface area contributed by atoms with Crippen LogP contribution in [0.3, 0.4) is 0 Å². The largest absolute Gasteiger partial charge is 0.310 e. The predicted molar refractivity (Wildman–Crippen MR) is 89.5 cm³/mol. The minimum Gasteiger partial charge on any atom is -0.310 e. The van der Waals surface area contributed by atoms with E-state index in [-0.39, 0.29) is 0 Å². The number of para-hydroxylation sites is 1. The van der Waals surface area contributed by atoms with E-state index in [1.165, 1.54) is 43.1 Å². The third-order valence-electron chi connectivity index (χ3n) is 4.69. The molecule has 1 aliphatic rings. The number of aromatic nitrogens is 1. The van der Waals surface area contributed by atoms with Crippen LogP contribution in [-0.4, -0.2) is 11.5 Å². The second kappa shape index (κ2) is 6.57. The monoisotopic (exact) mass is 282 g/mol. The Bertz CT molecular complexity index is 602. The molecule has 21 heavy (non-hydrogen) atoms. The standard InChI is InChI=1S/C19H26N2/c1-3-11-20-19(13-15-7-6-8-15)17-12-14(2)21-18-10-5-4-9-16(17)18/h4-5,9-10,12,15,19-20H,3,6-8,11,13H2,1-2H3. The van der Waals surface area contributed by atoms with Crippen molar-refractivity contribution in [1.29, 1.82) is 0 Å². The minimum atomic E-state index is 0.474. The van der Waals surface area contributed by atoms with E-state index in [1.54, 1.807) is 0 Å². The Kier molecular flexibility index (Phi) is 4.54. The number of rotatable bonds is 6. The van der Waals surface area contributed by atoms with E-state index >= 15 is 0 Å². The molecule has 1 aliphatic carbocycles. The van der Waals surface area contributed by atoms with Gasteiger partial charge in [-0.15, -0.1) is 0 Å². The average molecular weight is 282 g/mol. The van der Waals surface area contributed by atoms with Crippen molar-refractivity contribution in [2.45, 2.75) is 52.0 Å². The summed E-state index contributed by atoms with van der Waals surface area (Å²) in [6, 6.07) is 11.3. The lowest BCUT2D eigenvalue weighted by atomic mass is 9.79. The lowest BCUT2D eigenvalue weighted by Gasteiger charge is -2.31. The van der Waals surface area contributed by atoms with E-state index in [2.05, 4.69) is 54.5 Å². The van der Waals surface area contributed by atoms with Gasteiger partial charge in [0.25, 0.3) is 0 Å². The molecule has 112 valence electrons. The number of nitrogens with one attached hydrogen (secondary N) is 1. The van der Waals surface area contributed by atoms with E-state index in [1.807, 2.05) is 0 Å². The second-order valence-electron chi connectivity index (χ2n) is 6.41. The Morgan fingerprint density at radius 3 is 2.81 bits per heavy atom.